The number of nitrogens with one attached hydrogen (secondary N) is 1. The average Bonchev–Trinajstić information content (AvgIpc) is 2.59. The molecule has 0 saturated carbocycles. The molecule has 4 heteroatoms. The predicted molar refractivity (Wildman–Crippen MR) is 83.4 cm³/mol. The first kappa shape index (κ1) is 16.5. The van der Waals surface area contributed by atoms with E-state index in [2.05, 4.69) is 31.2 Å². The first-order chi connectivity index (χ1) is 9.31. The largest absolute Gasteiger partial charge is 0.350 e. The maximum atomic E-state index is 11.9. The van der Waals surface area contributed by atoms with Crippen molar-refractivity contribution in [2.24, 2.45) is 13.0 Å². The molecule has 4 nitrogen and oxygen atoms in total. The Labute approximate surface area is 122 Å². The second-order valence-electron chi connectivity index (χ2n) is 5.92. The van der Waals surface area contributed by atoms with Gasteiger partial charge < -0.3 is 5.32 Å². The predicted octanol–water partition coefficient (Wildman–Crippen LogP) is 2.99. The second-order valence-corrected chi connectivity index (χ2v) is 5.92. The van der Waals surface area contributed by atoms with Crippen LogP contribution < -0.4 is 5.32 Å². The third-order valence-corrected chi connectivity index (χ3v) is 3.53. The van der Waals surface area contributed by atoms with Crippen molar-refractivity contribution >= 4 is 12.0 Å². The molecule has 0 saturated heterocycles. The zero-order chi connectivity index (χ0) is 15.3. The third-order valence-electron chi connectivity index (χ3n) is 3.53. The Balaban J connectivity index is 2.55. The van der Waals surface area contributed by atoms with Crippen LogP contribution in [0.1, 0.15) is 50.6 Å². The summed E-state index contributed by atoms with van der Waals surface area (Å²) in [5, 5.41) is 7.33. The molecule has 1 amide bonds. The molecule has 1 aromatic heterocycles. The molecule has 0 fully saturated rings. The van der Waals surface area contributed by atoms with Crippen LogP contribution in [0.3, 0.4) is 0 Å². The van der Waals surface area contributed by atoms with E-state index in [1.807, 2.05) is 31.7 Å². The Bertz CT molecular complexity index is 486. The summed E-state index contributed by atoms with van der Waals surface area (Å²) in [5.41, 5.74) is 3.04. The topological polar surface area (TPSA) is 46.9 Å². The van der Waals surface area contributed by atoms with Crippen LogP contribution in [0.2, 0.25) is 0 Å². The highest BCUT2D eigenvalue weighted by atomic mass is 16.1. The average molecular weight is 277 g/mol. The van der Waals surface area contributed by atoms with Crippen molar-refractivity contribution < 1.29 is 4.79 Å². The maximum Gasteiger partial charge on any atom is 0.244 e. The van der Waals surface area contributed by atoms with Crippen molar-refractivity contribution in [3.05, 3.63) is 23.0 Å². The fourth-order valence-corrected chi connectivity index (χ4v) is 2.14. The van der Waals surface area contributed by atoms with Gasteiger partial charge in [-0.05, 0) is 45.6 Å². The lowest BCUT2D eigenvalue weighted by atomic mass is 10.0. The van der Waals surface area contributed by atoms with E-state index in [1.54, 1.807) is 6.08 Å². The zero-order valence-corrected chi connectivity index (χ0v) is 13.5. The van der Waals surface area contributed by atoms with Gasteiger partial charge in [0.05, 0.1) is 5.69 Å². The maximum absolute atomic E-state index is 11.9. The highest BCUT2D eigenvalue weighted by Crippen LogP contribution is 2.13. The number of nitrogens with zero attached hydrogens (tertiary/aromatic N) is 2. The zero-order valence-electron chi connectivity index (χ0n) is 13.5. The van der Waals surface area contributed by atoms with Gasteiger partial charge in [-0.1, -0.05) is 13.8 Å². The van der Waals surface area contributed by atoms with Gasteiger partial charge in [0.15, 0.2) is 0 Å². The summed E-state index contributed by atoms with van der Waals surface area (Å²) < 4.78 is 1.83. The van der Waals surface area contributed by atoms with E-state index < -0.39 is 0 Å². The lowest BCUT2D eigenvalue weighted by Gasteiger charge is -2.13. The van der Waals surface area contributed by atoms with Gasteiger partial charge in [0.25, 0.3) is 0 Å². The number of carbonyl (C=O) groups excluding carboxylic acids is 1. The Morgan fingerprint density at radius 2 is 1.95 bits per heavy atom. The van der Waals surface area contributed by atoms with Crippen molar-refractivity contribution in [1.82, 2.24) is 15.1 Å². The summed E-state index contributed by atoms with van der Waals surface area (Å²) in [6, 6.07) is 0.214. The van der Waals surface area contributed by atoms with E-state index in [-0.39, 0.29) is 11.9 Å². The van der Waals surface area contributed by atoms with E-state index in [9.17, 15) is 4.79 Å². The fraction of sp³-hybridized carbons (Fsp3) is 0.625. The summed E-state index contributed by atoms with van der Waals surface area (Å²) in [5.74, 6) is 0.634. The van der Waals surface area contributed by atoms with Crippen molar-refractivity contribution in [1.29, 1.82) is 0 Å². The highest BCUT2D eigenvalue weighted by molar-refractivity contribution is 5.92. The van der Waals surface area contributed by atoms with Gasteiger partial charge in [0, 0.05) is 30.4 Å². The van der Waals surface area contributed by atoms with Gasteiger partial charge in [-0.15, -0.1) is 0 Å². The summed E-state index contributed by atoms with van der Waals surface area (Å²) in [4.78, 5) is 11.9. The first-order valence-corrected chi connectivity index (χ1v) is 7.30. The highest BCUT2D eigenvalue weighted by Gasteiger charge is 2.08. The molecule has 1 atom stereocenters. The van der Waals surface area contributed by atoms with Crippen LogP contribution in [-0.4, -0.2) is 21.7 Å². The molecular formula is C16H27N3O. The molecule has 1 unspecified atom stereocenters. The van der Waals surface area contributed by atoms with E-state index in [4.69, 9.17) is 0 Å². The van der Waals surface area contributed by atoms with Crippen molar-refractivity contribution in [3.63, 3.8) is 0 Å². The molecule has 0 radical (unpaired) electrons. The van der Waals surface area contributed by atoms with Gasteiger partial charge in [-0.25, -0.2) is 0 Å². The van der Waals surface area contributed by atoms with Crippen molar-refractivity contribution in [2.75, 3.05) is 0 Å². The number of hydrogen-bond acceptors (Lipinski definition) is 2. The lowest BCUT2D eigenvalue weighted by Crippen LogP contribution is -2.31. The van der Waals surface area contributed by atoms with Crippen molar-refractivity contribution in [2.45, 2.75) is 53.5 Å². The van der Waals surface area contributed by atoms with E-state index >= 15 is 0 Å². The van der Waals surface area contributed by atoms with Gasteiger partial charge in [0.2, 0.25) is 5.91 Å². The van der Waals surface area contributed by atoms with Crippen LogP contribution >= 0.6 is 0 Å². The quantitative estimate of drug-likeness (QED) is 0.813. The number of amides is 1. The molecule has 1 rings (SSSR count). The molecule has 0 aliphatic rings. The van der Waals surface area contributed by atoms with Crippen LogP contribution in [0.5, 0.6) is 0 Å². The Morgan fingerprint density at radius 3 is 2.45 bits per heavy atom. The smallest absolute Gasteiger partial charge is 0.244 e. The minimum absolute atomic E-state index is 0.0380. The minimum Gasteiger partial charge on any atom is -0.350 e. The summed E-state index contributed by atoms with van der Waals surface area (Å²) in [7, 11) is 1.91. The minimum atomic E-state index is -0.0380. The summed E-state index contributed by atoms with van der Waals surface area (Å²) in [6.07, 6.45) is 5.60. The molecule has 1 heterocycles. The van der Waals surface area contributed by atoms with Crippen LogP contribution in [0.25, 0.3) is 6.08 Å². The molecule has 0 aliphatic carbocycles. The molecule has 0 spiro atoms. The van der Waals surface area contributed by atoms with Gasteiger partial charge in [0.1, 0.15) is 0 Å². The SMILES string of the molecule is Cc1nn(C)c(C)c1/C=C/C(=O)NC(C)CCC(C)C. The van der Waals surface area contributed by atoms with Crippen LogP contribution in [0, 0.1) is 19.8 Å². The second kappa shape index (κ2) is 7.27. The standard InChI is InChI=1S/C16H27N3O/c1-11(2)7-8-12(3)17-16(20)10-9-15-13(4)18-19(6)14(15)5/h9-12H,7-8H2,1-6H3,(H,17,20)/b10-9+. The van der Waals surface area contributed by atoms with Crippen LogP contribution in [0.4, 0.5) is 0 Å². The third kappa shape index (κ3) is 4.83. The summed E-state index contributed by atoms with van der Waals surface area (Å²) >= 11 is 0. The Hall–Kier alpha value is -1.58. The number of aryl methyl sites for hydroxylation is 2. The van der Waals surface area contributed by atoms with Gasteiger partial charge >= 0.3 is 0 Å². The van der Waals surface area contributed by atoms with Crippen molar-refractivity contribution in [3.8, 4) is 0 Å². The normalized spacial score (nSPS) is 13.2. The molecule has 0 aliphatic heterocycles. The van der Waals surface area contributed by atoms with Gasteiger partial charge in [-0.3, -0.25) is 9.48 Å². The Morgan fingerprint density at radius 1 is 1.30 bits per heavy atom. The van der Waals surface area contributed by atoms with Crippen LogP contribution in [0.15, 0.2) is 6.08 Å². The molecule has 1 aromatic rings. The summed E-state index contributed by atoms with van der Waals surface area (Å²) in [6.45, 7) is 10.4. The van der Waals surface area contributed by atoms with E-state index in [0.717, 1.165) is 29.8 Å². The molecule has 0 bridgehead atoms. The fourth-order valence-electron chi connectivity index (χ4n) is 2.14. The first-order valence-electron chi connectivity index (χ1n) is 7.30. The molecule has 1 N–H and O–H groups in total. The number of aromatic nitrogens is 2. The van der Waals surface area contributed by atoms with Gasteiger partial charge in [-0.2, -0.15) is 5.10 Å². The molecular weight excluding hydrogens is 250 g/mol. The molecule has 0 aromatic carbocycles. The number of rotatable bonds is 6. The number of carbonyl (C=O) groups is 1. The number of hydrogen-bond donors (Lipinski definition) is 1. The van der Waals surface area contributed by atoms with Crippen LogP contribution in [-0.2, 0) is 11.8 Å². The Kier molecular flexibility index (Phi) is 5.99. The van der Waals surface area contributed by atoms with E-state index in [1.165, 1.54) is 0 Å². The molecule has 20 heavy (non-hydrogen) atoms. The van der Waals surface area contributed by atoms with E-state index in [0.29, 0.717) is 5.92 Å². The molecule has 112 valence electrons. The lowest BCUT2D eigenvalue weighted by molar-refractivity contribution is -0.117. The monoisotopic (exact) mass is 277 g/mol.